The molecule has 0 unspecified atom stereocenters. The number of aromatic nitrogens is 2. The molecule has 0 atom stereocenters. The molecule has 1 N–H and O–H groups in total. The first-order valence-electron chi connectivity index (χ1n) is 7.13. The Labute approximate surface area is 136 Å². The van der Waals surface area contributed by atoms with Gasteiger partial charge in [-0.2, -0.15) is 0 Å². The van der Waals surface area contributed by atoms with Crippen LogP contribution in [-0.4, -0.2) is 15.9 Å². The number of rotatable bonds is 1. The van der Waals surface area contributed by atoms with E-state index in [1.165, 1.54) is 6.07 Å². The fourth-order valence-electron chi connectivity index (χ4n) is 2.81. The highest BCUT2D eigenvalue weighted by Gasteiger charge is 2.24. The van der Waals surface area contributed by atoms with Gasteiger partial charge in [0.25, 0.3) is 0 Å². The largest absolute Gasteiger partial charge is 0.358 e. The van der Waals surface area contributed by atoms with Crippen LogP contribution in [0.4, 0.5) is 0 Å². The molecule has 23 heavy (non-hydrogen) atoms. The lowest BCUT2D eigenvalue weighted by atomic mass is 9.98. The van der Waals surface area contributed by atoms with Crippen molar-refractivity contribution in [2.45, 2.75) is 13.5 Å². The standard InChI is InChI=1S/C17H12ClN3O2/c1-9-15-12-6-7-14(22)20-17(12)16(19-8-13(15)23-21-9)10-2-4-11(18)5-3-10/h2-7H,8H2,1H3,(H,20,22). The fourth-order valence-corrected chi connectivity index (χ4v) is 2.94. The minimum Gasteiger partial charge on any atom is -0.358 e. The number of halogens is 1. The van der Waals surface area contributed by atoms with Crippen molar-refractivity contribution in [2.75, 3.05) is 0 Å². The van der Waals surface area contributed by atoms with E-state index in [-0.39, 0.29) is 5.56 Å². The predicted octanol–water partition coefficient (Wildman–Crippen LogP) is 3.34. The molecule has 0 radical (unpaired) electrons. The third kappa shape index (κ3) is 2.29. The second-order valence-electron chi connectivity index (χ2n) is 5.35. The zero-order valence-electron chi connectivity index (χ0n) is 12.3. The van der Waals surface area contributed by atoms with Gasteiger partial charge >= 0.3 is 0 Å². The summed E-state index contributed by atoms with van der Waals surface area (Å²) in [6.45, 7) is 2.25. The minimum absolute atomic E-state index is 0.178. The molecule has 0 aliphatic carbocycles. The number of fused-ring (bicyclic) bond motifs is 3. The van der Waals surface area contributed by atoms with Gasteiger partial charge in [0.2, 0.25) is 5.56 Å². The van der Waals surface area contributed by atoms with E-state index in [4.69, 9.17) is 16.1 Å². The SMILES string of the molecule is Cc1noc2c1-c1ccc(=O)[nH]c1C(c1ccc(Cl)cc1)=NC2. The molecule has 1 aromatic carbocycles. The van der Waals surface area contributed by atoms with Crippen molar-refractivity contribution in [2.24, 2.45) is 4.99 Å². The summed E-state index contributed by atoms with van der Waals surface area (Å²) >= 11 is 5.96. The third-order valence-electron chi connectivity index (χ3n) is 3.86. The molecular formula is C17H12ClN3O2. The Kier molecular flexibility index (Phi) is 3.16. The molecule has 0 amide bonds. The molecule has 3 heterocycles. The quantitative estimate of drug-likeness (QED) is 0.746. The number of nitrogens with zero attached hydrogens (tertiary/aromatic N) is 2. The monoisotopic (exact) mass is 325 g/mol. The van der Waals surface area contributed by atoms with Gasteiger partial charge in [0.15, 0.2) is 5.76 Å². The van der Waals surface area contributed by atoms with Crippen LogP contribution < -0.4 is 5.56 Å². The number of aromatic amines is 1. The molecule has 0 saturated heterocycles. The summed E-state index contributed by atoms with van der Waals surface area (Å²) < 4.78 is 5.39. The van der Waals surface area contributed by atoms with Crippen molar-refractivity contribution in [3.05, 3.63) is 74.5 Å². The summed E-state index contributed by atoms with van der Waals surface area (Å²) in [4.78, 5) is 19.4. The van der Waals surface area contributed by atoms with E-state index < -0.39 is 0 Å². The summed E-state index contributed by atoms with van der Waals surface area (Å²) in [5.41, 5.74) is 4.62. The van der Waals surface area contributed by atoms with Crippen molar-refractivity contribution >= 4 is 17.3 Å². The second-order valence-corrected chi connectivity index (χ2v) is 5.79. The van der Waals surface area contributed by atoms with Gasteiger partial charge < -0.3 is 9.51 Å². The van der Waals surface area contributed by atoms with Crippen LogP contribution in [0, 0.1) is 6.92 Å². The molecule has 1 aliphatic rings. The van der Waals surface area contributed by atoms with Gasteiger partial charge in [0.05, 0.1) is 22.7 Å². The highest BCUT2D eigenvalue weighted by molar-refractivity contribution is 6.30. The van der Waals surface area contributed by atoms with E-state index in [0.29, 0.717) is 28.7 Å². The Hall–Kier alpha value is -2.66. The number of pyridine rings is 1. The molecule has 5 nitrogen and oxygen atoms in total. The number of hydrogen-bond donors (Lipinski definition) is 1. The van der Waals surface area contributed by atoms with E-state index in [0.717, 1.165) is 22.4 Å². The van der Waals surface area contributed by atoms with Crippen LogP contribution in [0.25, 0.3) is 11.1 Å². The summed E-state index contributed by atoms with van der Waals surface area (Å²) in [7, 11) is 0. The highest BCUT2D eigenvalue weighted by atomic mass is 35.5. The fraction of sp³-hybridized carbons (Fsp3) is 0.118. The molecule has 114 valence electrons. The van der Waals surface area contributed by atoms with Gasteiger partial charge in [-0.25, -0.2) is 0 Å². The molecule has 0 saturated carbocycles. The van der Waals surface area contributed by atoms with E-state index in [9.17, 15) is 4.79 Å². The molecule has 0 spiro atoms. The Balaban J connectivity index is 2.00. The maximum atomic E-state index is 11.8. The third-order valence-corrected chi connectivity index (χ3v) is 4.11. The van der Waals surface area contributed by atoms with Crippen molar-refractivity contribution in [3.8, 4) is 11.1 Å². The summed E-state index contributed by atoms with van der Waals surface area (Å²) in [6, 6.07) is 10.7. The van der Waals surface area contributed by atoms with E-state index in [2.05, 4.69) is 15.1 Å². The summed E-state index contributed by atoms with van der Waals surface area (Å²) in [5, 5.41) is 4.67. The van der Waals surface area contributed by atoms with Gasteiger partial charge in [-0.05, 0) is 25.1 Å². The van der Waals surface area contributed by atoms with Crippen LogP contribution in [0.3, 0.4) is 0 Å². The summed E-state index contributed by atoms with van der Waals surface area (Å²) in [5.74, 6) is 0.694. The van der Waals surface area contributed by atoms with Crippen molar-refractivity contribution in [3.63, 3.8) is 0 Å². The number of benzene rings is 1. The van der Waals surface area contributed by atoms with Crippen LogP contribution in [0.15, 0.2) is 50.7 Å². The van der Waals surface area contributed by atoms with Crippen LogP contribution in [-0.2, 0) is 6.54 Å². The average Bonchev–Trinajstić information content (AvgIpc) is 2.82. The highest BCUT2D eigenvalue weighted by Crippen LogP contribution is 2.33. The molecule has 6 heteroatoms. The number of hydrogen-bond acceptors (Lipinski definition) is 4. The van der Waals surface area contributed by atoms with Crippen molar-refractivity contribution < 1.29 is 4.52 Å². The van der Waals surface area contributed by atoms with Gasteiger partial charge in [0.1, 0.15) is 6.54 Å². The van der Waals surface area contributed by atoms with Gasteiger partial charge in [-0.3, -0.25) is 9.79 Å². The first kappa shape index (κ1) is 14.0. The lowest BCUT2D eigenvalue weighted by molar-refractivity contribution is 0.382. The van der Waals surface area contributed by atoms with Crippen LogP contribution in [0.1, 0.15) is 22.7 Å². The Morgan fingerprint density at radius 3 is 2.74 bits per heavy atom. The van der Waals surface area contributed by atoms with E-state index in [1.807, 2.05) is 19.1 Å². The Bertz CT molecular complexity index is 984. The Morgan fingerprint density at radius 2 is 1.96 bits per heavy atom. The number of aliphatic imine (C=N–C) groups is 1. The predicted molar refractivity (Wildman–Crippen MR) is 88.1 cm³/mol. The van der Waals surface area contributed by atoms with Gasteiger partial charge in [-0.1, -0.05) is 28.9 Å². The molecule has 2 aromatic heterocycles. The van der Waals surface area contributed by atoms with Crippen molar-refractivity contribution in [1.82, 2.24) is 10.1 Å². The molecular weight excluding hydrogens is 314 g/mol. The van der Waals surface area contributed by atoms with Gasteiger partial charge in [-0.15, -0.1) is 0 Å². The average molecular weight is 326 g/mol. The molecule has 0 fully saturated rings. The maximum Gasteiger partial charge on any atom is 0.248 e. The number of nitrogens with one attached hydrogen (secondary N) is 1. The number of aryl methyl sites for hydroxylation is 1. The topological polar surface area (TPSA) is 71.2 Å². The van der Waals surface area contributed by atoms with Crippen molar-refractivity contribution in [1.29, 1.82) is 0 Å². The minimum atomic E-state index is -0.178. The van der Waals surface area contributed by atoms with Crippen LogP contribution >= 0.6 is 11.6 Å². The number of H-pyrrole nitrogens is 1. The molecule has 4 rings (SSSR count). The zero-order chi connectivity index (χ0) is 16.0. The maximum absolute atomic E-state index is 11.8. The Morgan fingerprint density at radius 1 is 1.17 bits per heavy atom. The summed E-state index contributed by atoms with van der Waals surface area (Å²) in [6.07, 6.45) is 0. The lowest BCUT2D eigenvalue weighted by Gasteiger charge is -2.10. The molecule has 0 bridgehead atoms. The van der Waals surface area contributed by atoms with Crippen LogP contribution in [0.2, 0.25) is 5.02 Å². The van der Waals surface area contributed by atoms with Gasteiger partial charge in [0, 0.05) is 22.2 Å². The zero-order valence-corrected chi connectivity index (χ0v) is 13.0. The normalized spacial score (nSPS) is 13.0. The molecule has 3 aromatic rings. The van der Waals surface area contributed by atoms with E-state index >= 15 is 0 Å². The second kappa shape index (κ2) is 5.21. The smallest absolute Gasteiger partial charge is 0.248 e. The van der Waals surface area contributed by atoms with E-state index in [1.54, 1.807) is 18.2 Å². The first-order valence-corrected chi connectivity index (χ1v) is 7.51. The lowest BCUT2D eigenvalue weighted by Crippen LogP contribution is -2.14. The first-order chi connectivity index (χ1) is 11.1. The van der Waals surface area contributed by atoms with Crippen LogP contribution in [0.5, 0.6) is 0 Å². The molecule has 1 aliphatic heterocycles.